The van der Waals surface area contributed by atoms with Gasteiger partial charge in [-0.05, 0) is 18.2 Å². The first-order valence-electron chi connectivity index (χ1n) is 7.01. The number of imidazole rings is 1. The summed E-state index contributed by atoms with van der Waals surface area (Å²) < 4.78 is 1.75. The summed E-state index contributed by atoms with van der Waals surface area (Å²) in [6, 6.07) is 15.5. The number of nitrogens with one attached hydrogen (secondary N) is 1. The molecule has 0 fully saturated rings. The molecule has 118 valence electrons. The fraction of sp³-hybridized carbons (Fsp3) is 0.0625. The number of hydrazone groups is 1. The number of nitrogens with zero attached hydrogens (tertiary/aromatic N) is 5. The standard InChI is InChI=1S/C16H12N6O2/c1-21-14-8-4-2-6-11(14)18-16(21)13(10-17)20-19-12-7-3-5-9-15(12)22(23)24/h2-9,19H,1H3/b20-13-. The van der Waals surface area contributed by atoms with Crippen LogP contribution in [0, 0.1) is 21.4 Å². The summed E-state index contributed by atoms with van der Waals surface area (Å²) >= 11 is 0. The molecule has 3 aromatic rings. The largest absolute Gasteiger partial charge is 0.325 e. The third kappa shape index (κ3) is 2.66. The van der Waals surface area contributed by atoms with E-state index in [2.05, 4.69) is 15.5 Å². The summed E-state index contributed by atoms with van der Waals surface area (Å²) in [5.74, 6) is 0.379. The first kappa shape index (κ1) is 15.2. The van der Waals surface area contributed by atoms with Crippen LogP contribution in [0.15, 0.2) is 53.6 Å². The molecule has 1 aromatic heterocycles. The highest BCUT2D eigenvalue weighted by atomic mass is 16.6. The van der Waals surface area contributed by atoms with Crippen molar-refractivity contribution >= 4 is 28.1 Å². The highest BCUT2D eigenvalue weighted by Gasteiger charge is 2.15. The van der Waals surface area contributed by atoms with Crippen LogP contribution in [0.5, 0.6) is 0 Å². The molecule has 0 aliphatic heterocycles. The van der Waals surface area contributed by atoms with Crippen molar-refractivity contribution in [1.29, 1.82) is 5.26 Å². The van der Waals surface area contributed by atoms with Gasteiger partial charge in [-0.25, -0.2) is 4.98 Å². The second-order valence-electron chi connectivity index (χ2n) is 4.94. The third-order valence-corrected chi connectivity index (χ3v) is 3.49. The van der Waals surface area contributed by atoms with E-state index in [0.29, 0.717) is 5.82 Å². The highest BCUT2D eigenvalue weighted by molar-refractivity contribution is 6.11. The number of nitriles is 1. The topological polar surface area (TPSA) is 109 Å². The van der Waals surface area contributed by atoms with Crippen molar-refractivity contribution in [3.05, 3.63) is 64.5 Å². The molecule has 1 heterocycles. The number of aryl methyl sites for hydroxylation is 1. The van der Waals surface area contributed by atoms with Crippen LogP contribution >= 0.6 is 0 Å². The zero-order valence-corrected chi connectivity index (χ0v) is 12.7. The number of hydrogen-bond donors (Lipinski definition) is 1. The molecule has 24 heavy (non-hydrogen) atoms. The van der Waals surface area contributed by atoms with Crippen molar-refractivity contribution in [2.24, 2.45) is 12.1 Å². The summed E-state index contributed by atoms with van der Waals surface area (Å²) in [4.78, 5) is 14.9. The zero-order chi connectivity index (χ0) is 17.1. The monoisotopic (exact) mass is 320 g/mol. The number of benzene rings is 2. The Labute approximate surface area is 136 Å². The van der Waals surface area contributed by atoms with Crippen LogP contribution < -0.4 is 5.43 Å². The number of nitro benzene ring substituents is 1. The Kier molecular flexibility index (Phi) is 3.91. The lowest BCUT2D eigenvalue weighted by molar-refractivity contribution is -0.384. The normalized spacial score (nSPS) is 11.2. The van der Waals surface area contributed by atoms with Crippen molar-refractivity contribution in [3.8, 4) is 6.07 Å². The molecule has 1 N–H and O–H groups in total. The maximum Gasteiger partial charge on any atom is 0.294 e. The van der Waals surface area contributed by atoms with E-state index < -0.39 is 4.92 Å². The fourth-order valence-electron chi connectivity index (χ4n) is 2.33. The lowest BCUT2D eigenvalue weighted by atomic mass is 10.3. The van der Waals surface area contributed by atoms with Gasteiger partial charge in [-0.15, -0.1) is 0 Å². The van der Waals surface area contributed by atoms with Crippen LogP contribution in [0.25, 0.3) is 11.0 Å². The maximum absolute atomic E-state index is 11.0. The molecule has 2 aromatic carbocycles. The van der Waals surface area contributed by atoms with E-state index >= 15 is 0 Å². The Balaban J connectivity index is 2.00. The molecule has 3 rings (SSSR count). The van der Waals surface area contributed by atoms with E-state index in [1.165, 1.54) is 12.1 Å². The summed E-state index contributed by atoms with van der Waals surface area (Å²) in [6.07, 6.45) is 0. The molecular weight excluding hydrogens is 308 g/mol. The molecule has 0 spiro atoms. The summed E-state index contributed by atoms with van der Waals surface area (Å²) in [5, 5.41) is 24.4. The molecule has 0 aliphatic rings. The Morgan fingerprint density at radius 3 is 2.71 bits per heavy atom. The number of fused-ring (bicyclic) bond motifs is 1. The number of hydrogen-bond acceptors (Lipinski definition) is 6. The first-order valence-corrected chi connectivity index (χ1v) is 7.01. The van der Waals surface area contributed by atoms with Gasteiger partial charge in [-0.2, -0.15) is 10.4 Å². The van der Waals surface area contributed by atoms with E-state index in [9.17, 15) is 15.4 Å². The molecule has 0 saturated heterocycles. The van der Waals surface area contributed by atoms with Crippen molar-refractivity contribution < 1.29 is 4.92 Å². The van der Waals surface area contributed by atoms with Crippen molar-refractivity contribution in [2.45, 2.75) is 0 Å². The third-order valence-electron chi connectivity index (χ3n) is 3.49. The second-order valence-corrected chi connectivity index (χ2v) is 4.94. The van der Waals surface area contributed by atoms with Crippen LogP contribution in [0.4, 0.5) is 11.4 Å². The summed E-state index contributed by atoms with van der Waals surface area (Å²) in [7, 11) is 1.78. The Morgan fingerprint density at radius 2 is 2.00 bits per heavy atom. The van der Waals surface area contributed by atoms with Crippen LogP contribution in [-0.2, 0) is 7.05 Å². The average molecular weight is 320 g/mol. The average Bonchev–Trinajstić information content (AvgIpc) is 2.93. The maximum atomic E-state index is 11.0. The molecule has 0 unspecified atom stereocenters. The van der Waals surface area contributed by atoms with Crippen molar-refractivity contribution in [3.63, 3.8) is 0 Å². The molecule has 0 radical (unpaired) electrons. The second kappa shape index (κ2) is 6.18. The number of aromatic nitrogens is 2. The molecule has 0 amide bonds. The molecule has 0 aliphatic carbocycles. The van der Waals surface area contributed by atoms with Gasteiger partial charge in [-0.3, -0.25) is 15.5 Å². The predicted molar refractivity (Wildman–Crippen MR) is 89.6 cm³/mol. The van der Waals surface area contributed by atoms with Crippen LogP contribution in [0.3, 0.4) is 0 Å². The van der Waals surface area contributed by atoms with E-state index in [0.717, 1.165) is 11.0 Å². The smallest absolute Gasteiger partial charge is 0.294 e. The number of rotatable bonds is 4. The van der Waals surface area contributed by atoms with E-state index in [1.807, 2.05) is 30.3 Å². The number of nitro groups is 1. The molecule has 0 bridgehead atoms. The Bertz CT molecular complexity index is 999. The van der Waals surface area contributed by atoms with Gasteiger partial charge >= 0.3 is 0 Å². The summed E-state index contributed by atoms with van der Waals surface area (Å²) in [5.41, 5.74) is 4.30. The Morgan fingerprint density at radius 1 is 1.29 bits per heavy atom. The number of para-hydroxylation sites is 4. The van der Waals surface area contributed by atoms with Gasteiger partial charge in [0.05, 0.1) is 16.0 Å². The van der Waals surface area contributed by atoms with Gasteiger partial charge in [-0.1, -0.05) is 24.3 Å². The fourth-order valence-corrected chi connectivity index (χ4v) is 2.33. The minimum atomic E-state index is -0.515. The molecule has 8 nitrogen and oxygen atoms in total. The lowest BCUT2D eigenvalue weighted by Gasteiger charge is -2.03. The van der Waals surface area contributed by atoms with Gasteiger partial charge in [0, 0.05) is 13.1 Å². The number of anilines is 1. The first-order chi connectivity index (χ1) is 11.6. The predicted octanol–water partition coefficient (Wildman–Crippen LogP) is 2.82. The minimum absolute atomic E-state index is 0.0341. The lowest BCUT2D eigenvalue weighted by Crippen LogP contribution is -2.09. The van der Waals surface area contributed by atoms with Gasteiger partial charge in [0.2, 0.25) is 5.71 Å². The zero-order valence-electron chi connectivity index (χ0n) is 12.7. The molecule has 0 atom stereocenters. The van der Waals surface area contributed by atoms with Gasteiger partial charge < -0.3 is 4.57 Å². The van der Waals surface area contributed by atoms with Crippen molar-refractivity contribution in [2.75, 3.05) is 5.43 Å². The van der Waals surface area contributed by atoms with E-state index in [-0.39, 0.29) is 17.1 Å². The summed E-state index contributed by atoms with van der Waals surface area (Å²) in [6.45, 7) is 0. The van der Waals surface area contributed by atoms with E-state index in [4.69, 9.17) is 0 Å². The molecule has 0 saturated carbocycles. The van der Waals surface area contributed by atoms with Crippen LogP contribution in [-0.4, -0.2) is 20.2 Å². The molecule has 8 heteroatoms. The molecular formula is C16H12N6O2. The van der Waals surface area contributed by atoms with Gasteiger partial charge in [0.25, 0.3) is 5.69 Å². The van der Waals surface area contributed by atoms with Crippen LogP contribution in [0.1, 0.15) is 5.82 Å². The quantitative estimate of drug-likeness (QED) is 0.451. The van der Waals surface area contributed by atoms with E-state index in [1.54, 1.807) is 23.7 Å². The van der Waals surface area contributed by atoms with Gasteiger partial charge in [0.1, 0.15) is 11.8 Å². The Hall–Kier alpha value is -3.73. The SMILES string of the molecule is Cn1c(/C(C#N)=N\Nc2ccccc2[N+](=O)[O-])nc2ccccc21. The van der Waals surface area contributed by atoms with Crippen molar-refractivity contribution in [1.82, 2.24) is 9.55 Å². The highest BCUT2D eigenvalue weighted by Crippen LogP contribution is 2.23. The van der Waals surface area contributed by atoms with Gasteiger partial charge in [0.15, 0.2) is 5.82 Å². The minimum Gasteiger partial charge on any atom is -0.325 e. The van der Waals surface area contributed by atoms with Crippen LogP contribution in [0.2, 0.25) is 0 Å².